The lowest BCUT2D eigenvalue weighted by Gasteiger charge is -2.12. The number of aromatic nitrogens is 2. The second-order valence-corrected chi connectivity index (χ2v) is 4.93. The summed E-state index contributed by atoms with van der Waals surface area (Å²) in [6, 6.07) is 8.95. The van der Waals surface area contributed by atoms with Crippen molar-refractivity contribution in [1.29, 1.82) is 0 Å². The fraction of sp³-hybridized carbons (Fsp3) is 0.0625. The molecule has 0 spiro atoms. The SMILES string of the molecule is O=C(NC(=O)c1cccc2[nH]cnc12)c1ccccc1C(F)(F)F. The van der Waals surface area contributed by atoms with E-state index in [0.717, 1.165) is 12.1 Å². The molecule has 1 aromatic heterocycles. The van der Waals surface area contributed by atoms with E-state index < -0.39 is 29.1 Å². The Balaban J connectivity index is 1.91. The van der Waals surface area contributed by atoms with Crippen molar-refractivity contribution in [2.24, 2.45) is 0 Å². The zero-order chi connectivity index (χ0) is 17.3. The number of amides is 2. The summed E-state index contributed by atoms with van der Waals surface area (Å²) in [6.07, 6.45) is -3.32. The minimum atomic E-state index is -4.70. The summed E-state index contributed by atoms with van der Waals surface area (Å²) in [5.74, 6) is -1.95. The lowest BCUT2D eigenvalue weighted by Crippen LogP contribution is -2.32. The number of benzene rings is 2. The van der Waals surface area contributed by atoms with Crippen LogP contribution in [-0.2, 0) is 6.18 Å². The standard InChI is InChI=1S/C16H10F3N3O2/c17-16(18,19)11-6-2-1-4-9(11)14(23)22-15(24)10-5-3-7-12-13(10)21-8-20-12/h1-8H,(H,20,21)(H,22,23,24). The highest BCUT2D eigenvalue weighted by Gasteiger charge is 2.35. The number of rotatable bonds is 2. The van der Waals surface area contributed by atoms with E-state index in [-0.39, 0.29) is 5.56 Å². The Labute approximate surface area is 133 Å². The minimum Gasteiger partial charge on any atom is -0.345 e. The number of carbonyl (C=O) groups excluding carboxylic acids is 2. The molecule has 2 aromatic carbocycles. The summed E-state index contributed by atoms with van der Waals surface area (Å²) >= 11 is 0. The molecule has 1 heterocycles. The Morgan fingerprint density at radius 3 is 2.38 bits per heavy atom. The molecular weight excluding hydrogens is 323 g/mol. The fourth-order valence-corrected chi connectivity index (χ4v) is 2.31. The average molecular weight is 333 g/mol. The first-order valence-corrected chi connectivity index (χ1v) is 6.82. The van der Waals surface area contributed by atoms with Gasteiger partial charge < -0.3 is 4.98 Å². The number of nitrogens with zero attached hydrogens (tertiary/aromatic N) is 1. The highest BCUT2D eigenvalue weighted by molar-refractivity contribution is 6.14. The molecule has 5 nitrogen and oxygen atoms in total. The summed E-state index contributed by atoms with van der Waals surface area (Å²) in [4.78, 5) is 31.1. The first kappa shape index (κ1) is 15.7. The second kappa shape index (κ2) is 5.80. The van der Waals surface area contributed by atoms with Crippen molar-refractivity contribution in [2.45, 2.75) is 6.18 Å². The number of imide groups is 1. The van der Waals surface area contributed by atoms with E-state index in [1.54, 1.807) is 12.1 Å². The molecule has 0 atom stereocenters. The number of aromatic amines is 1. The smallest absolute Gasteiger partial charge is 0.345 e. The molecule has 0 unspecified atom stereocenters. The molecular formula is C16H10F3N3O2. The maximum Gasteiger partial charge on any atom is 0.417 e. The third-order valence-electron chi connectivity index (χ3n) is 3.40. The van der Waals surface area contributed by atoms with Crippen LogP contribution in [0.25, 0.3) is 11.0 Å². The predicted octanol–water partition coefficient (Wildman–Crippen LogP) is 3.15. The van der Waals surface area contributed by atoms with Crippen molar-refractivity contribution in [1.82, 2.24) is 15.3 Å². The maximum absolute atomic E-state index is 13.0. The van der Waals surface area contributed by atoms with Gasteiger partial charge >= 0.3 is 6.18 Å². The lowest BCUT2D eigenvalue weighted by atomic mass is 10.1. The zero-order valence-electron chi connectivity index (χ0n) is 12.0. The summed E-state index contributed by atoms with van der Waals surface area (Å²) in [5.41, 5.74) is -0.731. The first-order chi connectivity index (χ1) is 11.4. The molecule has 0 saturated heterocycles. The van der Waals surface area contributed by atoms with Crippen LogP contribution in [0.4, 0.5) is 13.2 Å². The number of nitrogens with one attached hydrogen (secondary N) is 2. The molecule has 0 saturated carbocycles. The topological polar surface area (TPSA) is 74.8 Å². The van der Waals surface area contributed by atoms with E-state index in [0.29, 0.717) is 11.0 Å². The molecule has 3 aromatic rings. The summed E-state index contributed by atoms with van der Waals surface area (Å²) < 4.78 is 38.9. The molecule has 8 heteroatoms. The molecule has 0 aliphatic rings. The van der Waals surface area contributed by atoms with Crippen molar-refractivity contribution in [3.8, 4) is 0 Å². The molecule has 2 N–H and O–H groups in total. The van der Waals surface area contributed by atoms with Gasteiger partial charge in [0.1, 0.15) is 5.52 Å². The van der Waals surface area contributed by atoms with E-state index in [9.17, 15) is 22.8 Å². The van der Waals surface area contributed by atoms with Crippen molar-refractivity contribution in [2.75, 3.05) is 0 Å². The summed E-state index contributed by atoms with van der Waals surface area (Å²) in [5, 5.41) is 1.98. The van der Waals surface area contributed by atoms with E-state index in [4.69, 9.17) is 0 Å². The number of H-pyrrole nitrogens is 1. The van der Waals surface area contributed by atoms with E-state index in [1.165, 1.54) is 24.5 Å². The maximum atomic E-state index is 13.0. The summed E-state index contributed by atoms with van der Waals surface area (Å²) in [7, 11) is 0. The fourth-order valence-electron chi connectivity index (χ4n) is 2.31. The van der Waals surface area contributed by atoms with E-state index >= 15 is 0 Å². The van der Waals surface area contributed by atoms with Crippen molar-refractivity contribution in [3.05, 3.63) is 65.5 Å². The van der Waals surface area contributed by atoms with Gasteiger partial charge in [-0.1, -0.05) is 18.2 Å². The van der Waals surface area contributed by atoms with Gasteiger partial charge in [0.25, 0.3) is 11.8 Å². The molecule has 122 valence electrons. The van der Waals surface area contributed by atoms with Crippen LogP contribution in [0.15, 0.2) is 48.8 Å². The molecule has 0 aliphatic heterocycles. The summed E-state index contributed by atoms with van der Waals surface area (Å²) in [6.45, 7) is 0. The van der Waals surface area contributed by atoms with Gasteiger partial charge in [0.15, 0.2) is 0 Å². The highest BCUT2D eigenvalue weighted by Crippen LogP contribution is 2.31. The zero-order valence-corrected chi connectivity index (χ0v) is 12.0. The largest absolute Gasteiger partial charge is 0.417 e. The van der Waals surface area contributed by atoms with Gasteiger partial charge in [0, 0.05) is 0 Å². The molecule has 0 aliphatic carbocycles. The number of hydrogen-bond acceptors (Lipinski definition) is 3. The van der Waals surface area contributed by atoms with Crippen LogP contribution < -0.4 is 5.32 Å². The monoisotopic (exact) mass is 333 g/mol. The van der Waals surface area contributed by atoms with Gasteiger partial charge in [-0.2, -0.15) is 13.2 Å². The Morgan fingerprint density at radius 1 is 0.958 bits per heavy atom. The van der Waals surface area contributed by atoms with Crippen LogP contribution in [-0.4, -0.2) is 21.8 Å². The van der Waals surface area contributed by atoms with E-state index in [1.807, 2.05) is 5.32 Å². The number of halogens is 3. The second-order valence-electron chi connectivity index (χ2n) is 4.93. The molecule has 0 bridgehead atoms. The van der Waals surface area contributed by atoms with Gasteiger partial charge in [-0.15, -0.1) is 0 Å². The lowest BCUT2D eigenvalue weighted by molar-refractivity contribution is -0.137. The Hall–Kier alpha value is -3.16. The highest BCUT2D eigenvalue weighted by atomic mass is 19.4. The number of alkyl halides is 3. The van der Waals surface area contributed by atoms with Crippen LogP contribution >= 0.6 is 0 Å². The third-order valence-corrected chi connectivity index (χ3v) is 3.40. The molecule has 24 heavy (non-hydrogen) atoms. The van der Waals surface area contributed by atoms with Gasteiger partial charge in [-0.25, -0.2) is 4.98 Å². The van der Waals surface area contributed by atoms with Gasteiger partial charge in [0.2, 0.25) is 0 Å². The first-order valence-electron chi connectivity index (χ1n) is 6.82. The number of carbonyl (C=O) groups is 2. The Morgan fingerprint density at radius 2 is 1.62 bits per heavy atom. The normalized spacial score (nSPS) is 11.5. The van der Waals surface area contributed by atoms with Crippen molar-refractivity contribution >= 4 is 22.8 Å². The van der Waals surface area contributed by atoms with Crippen molar-refractivity contribution < 1.29 is 22.8 Å². The van der Waals surface area contributed by atoms with Crippen LogP contribution in [0.2, 0.25) is 0 Å². The van der Waals surface area contributed by atoms with Gasteiger partial charge in [-0.3, -0.25) is 14.9 Å². The van der Waals surface area contributed by atoms with Gasteiger partial charge in [-0.05, 0) is 24.3 Å². The number of imidazole rings is 1. The Bertz CT molecular complexity index is 931. The molecule has 2 amide bonds. The van der Waals surface area contributed by atoms with Crippen LogP contribution in [0.1, 0.15) is 26.3 Å². The van der Waals surface area contributed by atoms with Crippen LogP contribution in [0.3, 0.4) is 0 Å². The molecule has 3 rings (SSSR count). The van der Waals surface area contributed by atoms with Crippen molar-refractivity contribution in [3.63, 3.8) is 0 Å². The minimum absolute atomic E-state index is 0.0894. The third kappa shape index (κ3) is 2.85. The number of fused-ring (bicyclic) bond motifs is 1. The quantitative estimate of drug-likeness (QED) is 0.708. The Kier molecular flexibility index (Phi) is 3.80. The van der Waals surface area contributed by atoms with Crippen LogP contribution in [0, 0.1) is 0 Å². The predicted molar refractivity (Wildman–Crippen MR) is 79.3 cm³/mol. The molecule has 0 fully saturated rings. The number of hydrogen-bond donors (Lipinski definition) is 2. The van der Waals surface area contributed by atoms with Crippen LogP contribution in [0.5, 0.6) is 0 Å². The van der Waals surface area contributed by atoms with E-state index in [2.05, 4.69) is 9.97 Å². The number of para-hydroxylation sites is 1. The average Bonchev–Trinajstić information content (AvgIpc) is 3.02. The molecule has 0 radical (unpaired) electrons. The van der Waals surface area contributed by atoms with Gasteiger partial charge in [0.05, 0.1) is 28.5 Å².